The first-order valence-corrected chi connectivity index (χ1v) is 9.84. The Morgan fingerprint density at radius 3 is 2.77 bits per heavy atom. The van der Waals surface area contributed by atoms with E-state index >= 15 is 0 Å². The van der Waals surface area contributed by atoms with Crippen LogP contribution in [0.5, 0.6) is 0 Å². The van der Waals surface area contributed by atoms with Crippen LogP contribution >= 0.6 is 11.3 Å². The maximum absolute atomic E-state index is 12.2. The predicted octanol–water partition coefficient (Wildman–Crippen LogP) is 3.94. The van der Waals surface area contributed by atoms with E-state index in [2.05, 4.69) is 21.7 Å². The minimum absolute atomic E-state index is 0.137. The number of hydrogen-bond acceptors (Lipinski definition) is 4. The van der Waals surface area contributed by atoms with Crippen molar-refractivity contribution in [2.45, 2.75) is 38.5 Å². The Balaban J connectivity index is 1.45. The van der Waals surface area contributed by atoms with Gasteiger partial charge in [0.15, 0.2) is 5.13 Å². The summed E-state index contributed by atoms with van der Waals surface area (Å²) in [4.78, 5) is 28.5. The smallest absolute Gasteiger partial charge is 0.270 e. The van der Waals surface area contributed by atoms with E-state index in [1.807, 2.05) is 30.3 Å². The predicted molar refractivity (Wildman–Crippen MR) is 104 cm³/mol. The van der Waals surface area contributed by atoms with Crippen molar-refractivity contribution >= 4 is 28.3 Å². The van der Waals surface area contributed by atoms with E-state index in [0.717, 1.165) is 24.8 Å². The molecule has 0 unspecified atom stereocenters. The molecule has 0 spiro atoms. The number of rotatable bonds is 7. The molecule has 136 valence electrons. The third-order valence-corrected chi connectivity index (χ3v) is 5.07. The minimum Gasteiger partial charge on any atom is -0.350 e. The molecule has 0 saturated heterocycles. The number of carbonyl (C=O) groups is 2. The summed E-state index contributed by atoms with van der Waals surface area (Å²) in [5, 5.41) is 7.78. The molecule has 1 aromatic carbocycles. The summed E-state index contributed by atoms with van der Waals surface area (Å²) in [5.74, 6) is -0.331. The largest absolute Gasteiger partial charge is 0.350 e. The van der Waals surface area contributed by atoms with Crippen LogP contribution < -0.4 is 10.6 Å². The molecule has 5 nitrogen and oxygen atoms in total. The molecule has 1 aromatic heterocycles. The number of aromatic nitrogens is 1. The second-order valence-electron chi connectivity index (χ2n) is 6.36. The zero-order chi connectivity index (χ0) is 18.2. The van der Waals surface area contributed by atoms with Gasteiger partial charge in [0.2, 0.25) is 5.91 Å². The summed E-state index contributed by atoms with van der Waals surface area (Å²) >= 11 is 1.26. The number of carbonyl (C=O) groups excluding carboxylic acids is 2. The topological polar surface area (TPSA) is 71.1 Å². The molecule has 0 radical (unpaired) electrons. The van der Waals surface area contributed by atoms with E-state index in [4.69, 9.17) is 0 Å². The number of anilines is 1. The van der Waals surface area contributed by atoms with Crippen LogP contribution in [-0.2, 0) is 11.2 Å². The lowest BCUT2D eigenvalue weighted by Gasteiger charge is -2.12. The Morgan fingerprint density at radius 1 is 1.15 bits per heavy atom. The summed E-state index contributed by atoms with van der Waals surface area (Å²) < 4.78 is 0. The molecule has 0 saturated carbocycles. The monoisotopic (exact) mass is 369 g/mol. The van der Waals surface area contributed by atoms with Crippen molar-refractivity contribution < 1.29 is 9.59 Å². The van der Waals surface area contributed by atoms with Crippen LogP contribution in [0, 0.1) is 0 Å². The van der Waals surface area contributed by atoms with Gasteiger partial charge >= 0.3 is 0 Å². The van der Waals surface area contributed by atoms with E-state index in [0.29, 0.717) is 17.4 Å². The molecule has 26 heavy (non-hydrogen) atoms. The Morgan fingerprint density at radius 2 is 2.00 bits per heavy atom. The average Bonchev–Trinajstić information content (AvgIpc) is 3.12. The fourth-order valence-electron chi connectivity index (χ4n) is 2.94. The second kappa shape index (κ2) is 9.29. The van der Waals surface area contributed by atoms with Gasteiger partial charge < -0.3 is 10.6 Å². The second-order valence-corrected chi connectivity index (χ2v) is 7.22. The number of hydrogen-bond donors (Lipinski definition) is 2. The number of benzene rings is 1. The first-order chi connectivity index (χ1) is 12.7. The molecule has 1 heterocycles. The Hall–Kier alpha value is -2.47. The summed E-state index contributed by atoms with van der Waals surface area (Å²) in [5.41, 5.74) is 2.72. The summed E-state index contributed by atoms with van der Waals surface area (Å²) in [7, 11) is 0. The lowest BCUT2D eigenvalue weighted by molar-refractivity contribution is -0.115. The van der Waals surface area contributed by atoms with Crippen molar-refractivity contribution in [1.29, 1.82) is 0 Å². The molecule has 2 amide bonds. The molecule has 1 aliphatic carbocycles. The van der Waals surface area contributed by atoms with Gasteiger partial charge in [-0.15, -0.1) is 11.3 Å². The zero-order valence-electron chi connectivity index (χ0n) is 14.7. The lowest BCUT2D eigenvalue weighted by atomic mass is 9.97. The van der Waals surface area contributed by atoms with Crippen LogP contribution in [0.25, 0.3) is 0 Å². The average molecular weight is 369 g/mol. The van der Waals surface area contributed by atoms with Crippen molar-refractivity contribution in [3.05, 3.63) is 58.6 Å². The van der Waals surface area contributed by atoms with Crippen molar-refractivity contribution in [2.75, 3.05) is 11.9 Å². The van der Waals surface area contributed by atoms with Crippen molar-refractivity contribution in [2.24, 2.45) is 0 Å². The molecule has 2 N–H and O–H groups in total. The first kappa shape index (κ1) is 18.3. The molecule has 6 heteroatoms. The number of amides is 2. The molecule has 1 aliphatic rings. The highest BCUT2D eigenvalue weighted by Crippen LogP contribution is 2.20. The molecular formula is C20H23N3O2S. The van der Waals surface area contributed by atoms with E-state index in [1.165, 1.54) is 29.8 Å². The van der Waals surface area contributed by atoms with Gasteiger partial charge in [-0.25, -0.2) is 4.98 Å². The molecular weight excluding hydrogens is 346 g/mol. The molecule has 3 rings (SSSR count). The summed E-state index contributed by atoms with van der Waals surface area (Å²) in [6.45, 7) is 0.623. The van der Waals surface area contributed by atoms with Gasteiger partial charge in [0, 0.05) is 11.9 Å². The van der Waals surface area contributed by atoms with Crippen molar-refractivity contribution in [1.82, 2.24) is 10.3 Å². The van der Waals surface area contributed by atoms with Crippen LogP contribution in [0.4, 0.5) is 5.13 Å². The number of allylic oxidation sites excluding steroid dienone is 1. The van der Waals surface area contributed by atoms with Gasteiger partial charge in [0.1, 0.15) is 5.69 Å². The van der Waals surface area contributed by atoms with Gasteiger partial charge in [-0.3, -0.25) is 9.59 Å². The van der Waals surface area contributed by atoms with Crippen LogP contribution in [-0.4, -0.2) is 23.3 Å². The highest BCUT2D eigenvalue weighted by molar-refractivity contribution is 7.14. The number of thiazole rings is 1. The van der Waals surface area contributed by atoms with E-state index < -0.39 is 0 Å². The SMILES string of the molecule is O=C(Cc1ccccc1)Nc1nc(C(=O)NCCC2=CCCCC2)cs1. The quantitative estimate of drug-likeness (QED) is 0.726. The maximum Gasteiger partial charge on any atom is 0.270 e. The fraction of sp³-hybridized carbons (Fsp3) is 0.350. The maximum atomic E-state index is 12.2. The number of nitrogens with one attached hydrogen (secondary N) is 2. The van der Waals surface area contributed by atoms with Gasteiger partial charge in [-0.1, -0.05) is 42.0 Å². The Bertz CT molecular complexity index is 783. The van der Waals surface area contributed by atoms with Crippen molar-refractivity contribution in [3.8, 4) is 0 Å². The van der Waals surface area contributed by atoms with E-state index in [9.17, 15) is 9.59 Å². The van der Waals surface area contributed by atoms with Crippen molar-refractivity contribution in [3.63, 3.8) is 0 Å². The van der Waals surface area contributed by atoms with Crippen LogP contribution in [0.2, 0.25) is 0 Å². The fourth-order valence-corrected chi connectivity index (χ4v) is 3.65. The van der Waals surface area contributed by atoms with E-state index in [-0.39, 0.29) is 18.2 Å². The zero-order valence-corrected chi connectivity index (χ0v) is 15.5. The Labute approximate surface area is 157 Å². The summed E-state index contributed by atoms with van der Waals surface area (Å²) in [6.07, 6.45) is 8.30. The third-order valence-electron chi connectivity index (χ3n) is 4.31. The highest BCUT2D eigenvalue weighted by Gasteiger charge is 2.13. The third kappa shape index (κ3) is 5.52. The summed E-state index contributed by atoms with van der Waals surface area (Å²) in [6, 6.07) is 9.53. The number of nitrogens with zero attached hydrogens (tertiary/aromatic N) is 1. The first-order valence-electron chi connectivity index (χ1n) is 8.96. The van der Waals surface area contributed by atoms with Gasteiger partial charge in [-0.05, 0) is 37.7 Å². The molecule has 2 aromatic rings. The van der Waals surface area contributed by atoms with Crippen LogP contribution in [0.3, 0.4) is 0 Å². The molecule has 0 fully saturated rings. The van der Waals surface area contributed by atoms with Gasteiger partial charge in [0.05, 0.1) is 6.42 Å². The molecule has 0 aliphatic heterocycles. The highest BCUT2D eigenvalue weighted by atomic mass is 32.1. The van der Waals surface area contributed by atoms with Crippen LogP contribution in [0.1, 0.15) is 48.2 Å². The van der Waals surface area contributed by atoms with Gasteiger partial charge in [-0.2, -0.15) is 0 Å². The normalized spacial score (nSPS) is 13.8. The van der Waals surface area contributed by atoms with E-state index in [1.54, 1.807) is 5.38 Å². The van der Waals surface area contributed by atoms with Crippen LogP contribution in [0.15, 0.2) is 47.4 Å². The lowest BCUT2D eigenvalue weighted by Crippen LogP contribution is -2.25. The minimum atomic E-state index is -0.193. The standard InChI is InChI=1S/C20H23N3O2S/c24-18(13-16-9-5-2-6-10-16)23-20-22-17(14-26-20)19(25)21-12-11-15-7-3-1-4-8-15/h2,5-7,9-10,14H,1,3-4,8,11-13H2,(H,21,25)(H,22,23,24). The molecule has 0 atom stereocenters. The van der Waals surface area contributed by atoms with Gasteiger partial charge in [0.25, 0.3) is 5.91 Å². The Kier molecular flexibility index (Phi) is 6.55. The molecule has 0 bridgehead atoms.